The molecule has 0 aliphatic rings. The molecule has 0 N–H and O–H groups in total. The van der Waals surface area contributed by atoms with E-state index in [0.717, 1.165) is 11.3 Å². The van der Waals surface area contributed by atoms with Gasteiger partial charge in [-0.25, -0.2) is 0 Å². The molecule has 0 bridgehead atoms. The van der Waals surface area contributed by atoms with Crippen LogP contribution in [0.5, 0.6) is 5.75 Å². The van der Waals surface area contributed by atoms with E-state index < -0.39 is 0 Å². The van der Waals surface area contributed by atoms with Crippen LogP contribution in [-0.4, -0.2) is 12.4 Å². The van der Waals surface area contributed by atoms with Crippen LogP contribution in [0.25, 0.3) is 0 Å². The molecule has 0 spiro atoms. The van der Waals surface area contributed by atoms with Crippen molar-refractivity contribution >= 4 is 63.5 Å². The first-order chi connectivity index (χ1) is 8.99. The first-order valence-corrected chi connectivity index (χ1v) is 7.36. The Hall–Kier alpha value is -0.450. The van der Waals surface area contributed by atoms with Crippen LogP contribution in [0.4, 0.5) is 0 Å². The zero-order valence-corrected chi connectivity index (χ0v) is 13.1. The minimum atomic E-state index is -0.274. The fourth-order valence-electron chi connectivity index (χ4n) is 1.35. The maximum atomic E-state index is 11.9. The van der Waals surface area contributed by atoms with Gasteiger partial charge in [0.2, 0.25) is 5.78 Å². The molecule has 0 atom stereocenters. The summed E-state index contributed by atoms with van der Waals surface area (Å²) in [7, 11) is 0. The third-order valence-electron chi connectivity index (χ3n) is 2.23. The van der Waals surface area contributed by atoms with Crippen molar-refractivity contribution < 1.29 is 9.53 Å². The van der Waals surface area contributed by atoms with Gasteiger partial charge in [0, 0.05) is 0 Å². The van der Waals surface area contributed by atoms with Crippen molar-refractivity contribution in [3.8, 4) is 5.75 Å². The van der Waals surface area contributed by atoms with Crippen molar-refractivity contribution in [2.45, 2.75) is 0 Å². The quantitative estimate of drug-likeness (QED) is 0.665. The zero-order chi connectivity index (χ0) is 14.0. The van der Waals surface area contributed by atoms with Crippen LogP contribution in [0, 0.1) is 0 Å². The summed E-state index contributed by atoms with van der Waals surface area (Å²) >= 11 is 24.6. The fraction of sp³-hybridized carbons (Fsp3) is 0.0833. The van der Waals surface area contributed by atoms with Crippen LogP contribution in [-0.2, 0) is 0 Å². The standard InChI is InChI=1S/C12H6Cl4O2S/c13-7-2-1-3-9(11(7)15)18-5-8(17)6-4-10(14)19-12(6)16/h1-4H,5H2. The highest BCUT2D eigenvalue weighted by molar-refractivity contribution is 7.20. The summed E-state index contributed by atoms with van der Waals surface area (Å²) in [5.41, 5.74) is 0.342. The number of carbonyl (C=O) groups is 1. The van der Waals surface area contributed by atoms with Gasteiger partial charge in [0.25, 0.3) is 0 Å². The number of ketones is 1. The van der Waals surface area contributed by atoms with Crippen LogP contribution in [0.1, 0.15) is 10.4 Å². The number of rotatable bonds is 4. The number of thiophene rings is 1. The lowest BCUT2D eigenvalue weighted by molar-refractivity contribution is 0.0922. The molecule has 0 aliphatic carbocycles. The largest absolute Gasteiger partial charge is 0.484 e. The average Bonchev–Trinajstić information content (AvgIpc) is 2.70. The van der Waals surface area contributed by atoms with Crippen molar-refractivity contribution in [1.82, 2.24) is 0 Å². The van der Waals surface area contributed by atoms with E-state index in [1.165, 1.54) is 6.07 Å². The Kier molecular flexibility index (Phi) is 4.98. The molecule has 1 aromatic carbocycles. The highest BCUT2D eigenvalue weighted by Crippen LogP contribution is 2.33. The normalized spacial score (nSPS) is 10.5. The molecular formula is C12H6Cl4O2S. The zero-order valence-electron chi connectivity index (χ0n) is 9.25. The molecule has 1 heterocycles. The molecule has 0 saturated heterocycles. The van der Waals surface area contributed by atoms with Crippen LogP contribution in [0.3, 0.4) is 0 Å². The van der Waals surface area contributed by atoms with E-state index in [1.54, 1.807) is 18.2 Å². The molecule has 19 heavy (non-hydrogen) atoms. The molecule has 100 valence electrons. The molecule has 2 aromatic rings. The van der Waals surface area contributed by atoms with Crippen molar-refractivity contribution in [1.29, 1.82) is 0 Å². The van der Waals surface area contributed by atoms with Crippen LogP contribution in [0.15, 0.2) is 24.3 Å². The summed E-state index contributed by atoms with van der Waals surface area (Å²) in [5.74, 6) is 0.0733. The maximum Gasteiger partial charge on any atom is 0.202 e. The third-order valence-corrected chi connectivity index (χ3v) is 4.52. The number of ether oxygens (including phenoxy) is 1. The number of halogens is 4. The summed E-state index contributed by atoms with van der Waals surface area (Å²) in [6.07, 6.45) is 0. The van der Waals surface area contributed by atoms with E-state index in [4.69, 9.17) is 51.1 Å². The van der Waals surface area contributed by atoms with Gasteiger partial charge < -0.3 is 4.74 Å². The molecular weight excluding hydrogens is 350 g/mol. The van der Waals surface area contributed by atoms with E-state index in [0.29, 0.717) is 25.0 Å². The van der Waals surface area contributed by atoms with Crippen LogP contribution in [0.2, 0.25) is 18.7 Å². The van der Waals surface area contributed by atoms with Gasteiger partial charge in [-0.15, -0.1) is 11.3 Å². The van der Waals surface area contributed by atoms with Gasteiger partial charge >= 0.3 is 0 Å². The average molecular weight is 356 g/mol. The van der Waals surface area contributed by atoms with Crippen LogP contribution >= 0.6 is 57.7 Å². The second-order valence-electron chi connectivity index (χ2n) is 3.50. The Balaban J connectivity index is 2.09. The molecule has 0 fully saturated rings. The number of hydrogen-bond donors (Lipinski definition) is 0. The van der Waals surface area contributed by atoms with Gasteiger partial charge in [0.1, 0.15) is 15.1 Å². The van der Waals surface area contributed by atoms with Gasteiger partial charge in [0.05, 0.1) is 14.9 Å². The molecule has 1 aromatic heterocycles. The molecule has 2 nitrogen and oxygen atoms in total. The first kappa shape index (κ1) is 14.9. The molecule has 0 saturated carbocycles. The number of hydrogen-bond acceptors (Lipinski definition) is 3. The lowest BCUT2D eigenvalue weighted by atomic mass is 10.2. The molecule has 7 heteroatoms. The lowest BCUT2D eigenvalue weighted by Crippen LogP contribution is -2.11. The van der Waals surface area contributed by atoms with Gasteiger partial charge in [-0.05, 0) is 18.2 Å². The van der Waals surface area contributed by atoms with E-state index in [1.807, 2.05) is 0 Å². The Morgan fingerprint density at radius 1 is 1.21 bits per heavy atom. The summed E-state index contributed by atoms with van der Waals surface area (Å²) in [4.78, 5) is 11.9. The minimum absolute atomic E-state index is 0.188. The summed E-state index contributed by atoms with van der Waals surface area (Å²) in [6.45, 7) is -0.188. The monoisotopic (exact) mass is 354 g/mol. The summed E-state index contributed by atoms with van der Waals surface area (Å²) < 4.78 is 6.13. The lowest BCUT2D eigenvalue weighted by Gasteiger charge is -2.07. The minimum Gasteiger partial charge on any atom is -0.484 e. The maximum absolute atomic E-state index is 11.9. The SMILES string of the molecule is O=C(COc1cccc(Cl)c1Cl)c1cc(Cl)sc1Cl. The third kappa shape index (κ3) is 3.56. The second-order valence-corrected chi connectivity index (χ2v) is 6.57. The van der Waals surface area contributed by atoms with E-state index >= 15 is 0 Å². The molecule has 0 radical (unpaired) electrons. The number of carbonyl (C=O) groups excluding carboxylic acids is 1. The van der Waals surface area contributed by atoms with Gasteiger partial charge in [-0.1, -0.05) is 52.5 Å². The summed E-state index contributed by atoms with van der Waals surface area (Å²) in [5, 5.41) is 0.634. The second kappa shape index (κ2) is 6.33. The van der Waals surface area contributed by atoms with Crippen LogP contribution < -0.4 is 4.74 Å². The highest BCUT2D eigenvalue weighted by atomic mass is 35.5. The van der Waals surface area contributed by atoms with Crippen molar-refractivity contribution in [2.75, 3.05) is 6.61 Å². The number of Topliss-reactive ketones (excluding diaryl/α,β-unsaturated/α-hetero) is 1. The van der Waals surface area contributed by atoms with E-state index in [2.05, 4.69) is 0 Å². The Bertz CT molecular complexity index is 624. The Morgan fingerprint density at radius 2 is 1.95 bits per heavy atom. The topological polar surface area (TPSA) is 26.3 Å². The number of benzene rings is 1. The predicted octanol–water partition coefficient (Wildman–Crippen LogP) is 5.62. The van der Waals surface area contributed by atoms with Gasteiger partial charge in [-0.2, -0.15) is 0 Å². The molecule has 0 aliphatic heterocycles. The summed E-state index contributed by atoms with van der Waals surface area (Å²) in [6, 6.07) is 6.46. The Morgan fingerprint density at radius 3 is 2.58 bits per heavy atom. The van der Waals surface area contributed by atoms with Gasteiger partial charge in [-0.3, -0.25) is 4.79 Å². The first-order valence-electron chi connectivity index (χ1n) is 5.04. The molecule has 2 rings (SSSR count). The van der Waals surface area contributed by atoms with Crippen molar-refractivity contribution in [3.05, 3.63) is 48.5 Å². The predicted molar refractivity (Wildman–Crippen MR) is 80.6 cm³/mol. The Labute approximate surface area is 133 Å². The smallest absolute Gasteiger partial charge is 0.202 e. The van der Waals surface area contributed by atoms with Crippen molar-refractivity contribution in [3.63, 3.8) is 0 Å². The highest BCUT2D eigenvalue weighted by Gasteiger charge is 2.15. The van der Waals surface area contributed by atoms with E-state index in [-0.39, 0.29) is 17.4 Å². The molecule has 0 amide bonds. The molecule has 0 unspecified atom stereocenters. The fourth-order valence-corrected chi connectivity index (χ4v) is 3.19. The van der Waals surface area contributed by atoms with E-state index in [9.17, 15) is 4.79 Å². The van der Waals surface area contributed by atoms with Crippen molar-refractivity contribution in [2.24, 2.45) is 0 Å². The van der Waals surface area contributed by atoms with Gasteiger partial charge in [0.15, 0.2) is 6.61 Å².